The Balaban J connectivity index is 1.80. The first-order valence-electron chi connectivity index (χ1n) is 10.0. The molecular weight excluding hydrogens is 451 g/mol. The number of carbonyl (C=O) groups excluding carboxylic acids is 2. The molecule has 0 saturated carbocycles. The van der Waals surface area contributed by atoms with E-state index in [1.807, 2.05) is 36.4 Å². The summed E-state index contributed by atoms with van der Waals surface area (Å²) in [7, 11) is 1.54. The van der Waals surface area contributed by atoms with Gasteiger partial charge in [0.15, 0.2) is 0 Å². The minimum Gasteiger partial charge on any atom is -0.467 e. The van der Waals surface area contributed by atoms with E-state index in [-0.39, 0.29) is 38.1 Å². The third kappa shape index (κ3) is 6.85. The van der Waals surface area contributed by atoms with E-state index in [0.717, 1.165) is 5.56 Å². The minimum atomic E-state index is -0.350. The highest BCUT2D eigenvalue weighted by molar-refractivity contribution is 6.35. The van der Waals surface area contributed by atoms with Gasteiger partial charge in [-0.1, -0.05) is 53.5 Å². The standard InChI is InChI=1S/C24H24Cl2N2O4/c1-31-11-9-27(24(30)19-12-20(25)14-21(26)13-19)17-23(29)28(16-22-8-5-10-32-22)15-18-6-3-2-4-7-18/h2-8,10,12-14H,9,11,15-17H2,1H3. The Hall–Kier alpha value is -2.80. The lowest BCUT2D eigenvalue weighted by Crippen LogP contribution is -2.43. The van der Waals surface area contributed by atoms with Crippen LogP contribution in [0.4, 0.5) is 0 Å². The van der Waals surface area contributed by atoms with Gasteiger partial charge in [-0.25, -0.2) is 0 Å². The maximum absolute atomic E-state index is 13.3. The molecule has 0 bridgehead atoms. The van der Waals surface area contributed by atoms with Crippen LogP contribution in [0, 0.1) is 0 Å². The van der Waals surface area contributed by atoms with Gasteiger partial charge in [-0.3, -0.25) is 9.59 Å². The highest BCUT2D eigenvalue weighted by Crippen LogP contribution is 2.20. The second-order valence-electron chi connectivity index (χ2n) is 7.19. The number of amides is 2. The Morgan fingerprint density at radius 3 is 2.28 bits per heavy atom. The molecule has 8 heteroatoms. The fourth-order valence-electron chi connectivity index (χ4n) is 3.20. The van der Waals surface area contributed by atoms with Gasteiger partial charge in [0.05, 0.1) is 19.4 Å². The van der Waals surface area contributed by atoms with Gasteiger partial charge in [-0.15, -0.1) is 0 Å². The highest BCUT2D eigenvalue weighted by Gasteiger charge is 2.24. The zero-order valence-corrected chi connectivity index (χ0v) is 19.2. The van der Waals surface area contributed by atoms with Gasteiger partial charge < -0.3 is 19.0 Å². The molecule has 0 aliphatic heterocycles. The van der Waals surface area contributed by atoms with E-state index in [4.69, 9.17) is 32.4 Å². The molecule has 1 heterocycles. The summed E-state index contributed by atoms with van der Waals surface area (Å²) in [5, 5.41) is 0.699. The average Bonchev–Trinajstić information content (AvgIpc) is 3.29. The second-order valence-corrected chi connectivity index (χ2v) is 8.07. The maximum Gasteiger partial charge on any atom is 0.254 e. The minimum absolute atomic E-state index is 0.125. The summed E-state index contributed by atoms with van der Waals surface area (Å²) in [5.41, 5.74) is 1.29. The van der Waals surface area contributed by atoms with Crippen molar-refractivity contribution in [3.05, 3.63) is 93.9 Å². The van der Waals surface area contributed by atoms with Gasteiger partial charge in [-0.05, 0) is 35.9 Å². The number of hydrogen-bond acceptors (Lipinski definition) is 4. The summed E-state index contributed by atoms with van der Waals surface area (Å²) < 4.78 is 10.6. The quantitative estimate of drug-likeness (QED) is 0.418. The van der Waals surface area contributed by atoms with E-state index < -0.39 is 0 Å². The van der Waals surface area contributed by atoms with Crippen molar-refractivity contribution in [1.82, 2.24) is 9.80 Å². The van der Waals surface area contributed by atoms with E-state index in [1.54, 1.807) is 30.4 Å². The van der Waals surface area contributed by atoms with Gasteiger partial charge in [0.25, 0.3) is 5.91 Å². The number of benzene rings is 2. The lowest BCUT2D eigenvalue weighted by molar-refractivity contribution is -0.133. The number of nitrogens with zero attached hydrogens (tertiary/aromatic N) is 2. The van der Waals surface area contributed by atoms with Gasteiger partial charge >= 0.3 is 0 Å². The molecule has 0 radical (unpaired) electrons. The molecule has 0 unspecified atom stereocenters. The first kappa shape index (κ1) is 23.9. The van der Waals surface area contributed by atoms with Crippen LogP contribution in [0.2, 0.25) is 10.0 Å². The van der Waals surface area contributed by atoms with Crippen LogP contribution in [-0.4, -0.2) is 48.4 Å². The van der Waals surface area contributed by atoms with Crippen molar-refractivity contribution in [2.75, 3.05) is 26.8 Å². The SMILES string of the molecule is COCCN(CC(=O)N(Cc1ccccc1)Cc1ccco1)C(=O)c1cc(Cl)cc(Cl)c1. The molecule has 0 aliphatic carbocycles. The molecule has 2 amide bonds. The third-order valence-corrected chi connectivity index (χ3v) is 5.22. The van der Waals surface area contributed by atoms with Crippen molar-refractivity contribution in [3.8, 4) is 0 Å². The summed E-state index contributed by atoms with van der Waals surface area (Å²) in [6.45, 7) is 1.07. The molecule has 0 aliphatic rings. The highest BCUT2D eigenvalue weighted by atomic mass is 35.5. The number of ether oxygens (including phenoxy) is 1. The first-order chi connectivity index (χ1) is 15.5. The smallest absolute Gasteiger partial charge is 0.254 e. The lowest BCUT2D eigenvalue weighted by Gasteiger charge is -2.27. The van der Waals surface area contributed by atoms with Crippen molar-refractivity contribution >= 4 is 35.0 Å². The predicted octanol–water partition coefficient (Wildman–Crippen LogP) is 4.90. The summed E-state index contributed by atoms with van der Waals surface area (Å²) in [5.74, 6) is 0.0889. The molecule has 32 heavy (non-hydrogen) atoms. The zero-order chi connectivity index (χ0) is 22.9. The molecule has 168 valence electrons. The van der Waals surface area contributed by atoms with Crippen molar-refractivity contribution in [3.63, 3.8) is 0 Å². The Morgan fingerprint density at radius 1 is 0.938 bits per heavy atom. The first-order valence-corrected chi connectivity index (χ1v) is 10.8. The van der Waals surface area contributed by atoms with Crippen molar-refractivity contribution in [1.29, 1.82) is 0 Å². The Morgan fingerprint density at radius 2 is 1.66 bits per heavy atom. The summed E-state index contributed by atoms with van der Waals surface area (Å²) >= 11 is 12.1. The van der Waals surface area contributed by atoms with Gasteiger partial charge in [0, 0.05) is 35.8 Å². The maximum atomic E-state index is 13.3. The molecular formula is C24H24Cl2N2O4. The van der Waals surface area contributed by atoms with Crippen molar-refractivity contribution < 1.29 is 18.7 Å². The fourth-order valence-corrected chi connectivity index (χ4v) is 3.73. The molecule has 2 aromatic carbocycles. The molecule has 0 fully saturated rings. The molecule has 1 aromatic heterocycles. The predicted molar refractivity (Wildman–Crippen MR) is 124 cm³/mol. The fraction of sp³-hybridized carbons (Fsp3) is 0.250. The second kappa shape index (κ2) is 11.7. The number of carbonyl (C=O) groups is 2. The molecule has 0 atom stereocenters. The Labute approximate surface area is 197 Å². The van der Waals surface area contributed by atoms with Crippen LogP contribution in [0.3, 0.4) is 0 Å². The Kier molecular flexibility index (Phi) is 8.73. The van der Waals surface area contributed by atoms with E-state index >= 15 is 0 Å². The van der Waals surface area contributed by atoms with Crippen LogP contribution in [0.15, 0.2) is 71.3 Å². The van der Waals surface area contributed by atoms with E-state index in [0.29, 0.717) is 27.9 Å². The molecule has 3 rings (SSSR count). The molecule has 6 nitrogen and oxygen atoms in total. The largest absolute Gasteiger partial charge is 0.467 e. The number of halogens is 2. The van der Waals surface area contributed by atoms with E-state index in [9.17, 15) is 9.59 Å². The molecule has 3 aromatic rings. The van der Waals surface area contributed by atoms with Crippen LogP contribution >= 0.6 is 23.2 Å². The van der Waals surface area contributed by atoms with Gasteiger partial charge in [-0.2, -0.15) is 0 Å². The van der Waals surface area contributed by atoms with Gasteiger partial charge in [0.2, 0.25) is 5.91 Å². The van der Waals surface area contributed by atoms with Crippen LogP contribution in [0.5, 0.6) is 0 Å². The van der Waals surface area contributed by atoms with Crippen LogP contribution in [0.1, 0.15) is 21.7 Å². The van der Waals surface area contributed by atoms with Crippen LogP contribution in [-0.2, 0) is 22.6 Å². The van der Waals surface area contributed by atoms with Crippen molar-refractivity contribution in [2.45, 2.75) is 13.1 Å². The zero-order valence-electron chi connectivity index (χ0n) is 17.7. The van der Waals surface area contributed by atoms with Crippen LogP contribution in [0.25, 0.3) is 0 Å². The number of hydrogen-bond donors (Lipinski definition) is 0. The van der Waals surface area contributed by atoms with Crippen LogP contribution < -0.4 is 0 Å². The molecule has 0 N–H and O–H groups in total. The number of furan rings is 1. The average molecular weight is 475 g/mol. The topological polar surface area (TPSA) is 63.0 Å². The summed E-state index contributed by atoms with van der Waals surface area (Å²) in [6, 6.07) is 17.9. The van der Waals surface area contributed by atoms with Crippen molar-refractivity contribution in [2.24, 2.45) is 0 Å². The summed E-state index contributed by atoms with van der Waals surface area (Å²) in [4.78, 5) is 29.6. The molecule has 0 spiro atoms. The monoisotopic (exact) mass is 474 g/mol. The third-order valence-electron chi connectivity index (χ3n) is 4.78. The normalized spacial score (nSPS) is 10.7. The summed E-state index contributed by atoms with van der Waals surface area (Å²) in [6.07, 6.45) is 1.57. The van der Waals surface area contributed by atoms with E-state index in [2.05, 4.69) is 0 Å². The number of methoxy groups -OCH3 is 1. The molecule has 0 saturated heterocycles. The number of rotatable bonds is 10. The van der Waals surface area contributed by atoms with E-state index in [1.165, 1.54) is 17.0 Å². The Bertz CT molecular complexity index is 1010. The lowest BCUT2D eigenvalue weighted by atomic mass is 10.2. The van der Waals surface area contributed by atoms with Gasteiger partial charge in [0.1, 0.15) is 12.3 Å².